The minimum absolute atomic E-state index is 0.252. The van der Waals surface area contributed by atoms with Crippen molar-refractivity contribution in [1.29, 1.82) is 0 Å². The summed E-state index contributed by atoms with van der Waals surface area (Å²) in [5.74, 6) is 2.07. The minimum Gasteiger partial charge on any atom is -0.491 e. The Kier molecular flexibility index (Phi) is 5.90. The SMILES string of the molecule is CC(C)c1ccccc1OCCNC(=O)c1ccc(CCl)o1. The first-order valence-corrected chi connectivity index (χ1v) is 7.80. The molecule has 0 atom stereocenters. The number of benzene rings is 1. The lowest BCUT2D eigenvalue weighted by Crippen LogP contribution is -2.27. The Morgan fingerprint density at radius 3 is 2.73 bits per heavy atom. The van der Waals surface area contributed by atoms with Crippen LogP contribution in [0.5, 0.6) is 5.75 Å². The number of hydrogen-bond donors (Lipinski definition) is 1. The van der Waals surface area contributed by atoms with Crippen molar-refractivity contribution in [1.82, 2.24) is 5.32 Å². The van der Waals surface area contributed by atoms with Crippen LogP contribution in [0.15, 0.2) is 40.8 Å². The maximum Gasteiger partial charge on any atom is 0.287 e. The summed E-state index contributed by atoms with van der Waals surface area (Å²) in [6.07, 6.45) is 0. The summed E-state index contributed by atoms with van der Waals surface area (Å²) < 4.78 is 11.0. The number of furan rings is 1. The predicted molar refractivity (Wildman–Crippen MR) is 86.6 cm³/mol. The van der Waals surface area contributed by atoms with Gasteiger partial charge >= 0.3 is 0 Å². The molecule has 0 saturated carbocycles. The second-order valence-corrected chi connectivity index (χ2v) is 5.46. The van der Waals surface area contributed by atoms with Gasteiger partial charge in [0.15, 0.2) is 5.76 Å². The molecule has 0 radical (unpaired) electrons. The van der Waals surface area contributed by atoms with E-state index in [2.05, 4.69) is 25.2 Å². The molecular formula is C17H20ClNO3. The number of hydrogen-bond acceptors (Lipinski definition) is 3. The van der Waals surface area contributed by atoms with Gasteiger partial charge in [-0.05, 0) is 29.7 Å². The third-order valence-corrected chi connectivity index (χ3v) is 3.47. The van der Waals surface area contributed by atoms with E-state index in [1.807, 2.05) is 18.2 Å². The zero-order chi connectivity index (χ0) is 15.9. The third-order valence-electron chi connectivity index (χ3n) is 3.20. The van der Waals surface area contributed by atoms with Gasteiger partial charge in [0, 0.05) is 0 Å². The molecule has 2 rings (SSSR count). The fraction of sp³-hybridized carbons (Fsp3) is 0.353. The molecule has 5 heteroatoms. The molecular weight excluding hydrogens is 302 g/mol. The molecule has 0 aliphatic carbocycles. The van der Waals surface area contributed by atoms with E-state index in [1.54, 1.807) is 12.1 Å². The number of ether oxygens (including phenoxy) is 1. The van der Waals surface area contributed by atoms with Gasteiger partial charge in [-0.15, -0.1) is 11.6 Å². The van der Waals surface area contributed by atoms with E-state index in [-0.39, 0.29) is 17.5 Å². The van der Waals surface area contributed by atoms with Gasteiger partial charge in [-0.25, -0.2) is 0 Å². The summed E-state index contributed by atoms with van der Waals surface area (Å²) in [6.45, 7) is 5.05. The average Bonchev–Trinajstić information content (AvgIpc) is 3.00. The highest BCUT2D eigenvalue weighted by molar-refractivity contribution is 6.16. The lowest BCUT2D eigenvalue weighted by Gasteiger charge is -2.13. The molecule has 0 aliphatic rings. The van der Waals surface area contributed by atoms with E-state index in [0.29, 0.717) is 24.8 Å². The largest absolute Gasteiger partial charge is 0.491 e. The van der Waals surface area contributed by atoms with E-state index in [9.17, 15) is 4.79 Å². The van der Waals surface area contributed by atoms with Crippen LogP contribution in [0.2, 0.25) is 0 Å². The smallest absolute Gasteiger partial charge is 0.287 e. The summed E-state index contributed by atoms with van der Waals surface area (Å²) in [6, 6.07) is 11.2. The van der Waals surface area contributed by atoms with Gasteiger partial charge in [0.1, 0.15) is 18.1 Å². The number of halogens is 1. The molecule has 1 amide bonds. The molecule has 22 heavy (non-hydrogen) atoms. The molecule has 1 N–H and O–H groups in total. The highest BCUT2D eigenvalue weighted by Gasteiger charge is 2.11. The van der Waals surface area contributed by atoms with Gasteiger partial charge in [-0.2, -0.15) is 0 Å². The molecule has 1 aromatic heterocycles. The quantitative estimate of drug-likeness (QED) is 0.620. The molecule has 0 fully saturated rings. The second-order valence-electron chi connectivity index (χ2n) is 5.20. The number of alkyl halides is 1. The fourth-order valence-electron chi connectivity index (χ4n) is 2.07. The van der Waals surface area contributed by atoms with E-state index in [0.717, 1.165) is 11.3 Å². The van der Waals surface area contributed by atoms with Crippen LogP contribution in [0.1, 0.15) is 41.6 Å². The minimum atomic E-state index is -0.267. The van der Waals surface area contributed by atoms with Crippen LogP contribution < -0.4 is 10.1 Å². The van der Waals surface area contributed by atoms with Crippen molar-refractivity contribution in [3.63, 3.8) is 0 Å². The van der Waals surface area contributed by atoms with E-state index in [1.165, 1.54) is 0 Å². The summed E-state index contributed by atoms with van der Waals surface area (Å²) >= 11 is 5.63. The van der Waals surface area contributed by atoms with Crippen molar-refractivity contribution in [3.8, 4) is 5.75 Å². The van der Waals surface area contributed by atoms with E-state index < -0.39 is 0 Å². The van der Waals surface area contributed by atoms with Crippen molar-refractivity contribution in [2.45, 2.75) is 25.6 Å². The van der Waals surface area contributed by atoms with Crippen LogP contribution in [0.3, 0.4) is 0 Å². The standard InChI is InChI=1S/C17H20ClNO3/c1-12(2)14-5-3-4-6-15(14)21-10-9-19-17(20)16-8-7-13(11-18)22-16/h3-8,12H,9-11H2,1-2H3,(H,19,20). The number of para-hydroxylation sites is 1. The summed E-state index contributed by atoms with van der Waals surface area (Å²) in [4.78, 5) is 11.9. The van der Waals surface area contributed by atoms with Crippen LogP contribution >= 0.6 is 11.6 Å². The van der Waals surface area contributed by atoms with Crippen LogP contribution in [0.25, 0.3) is 0 Å². The third kappa shape index (κ3) is 4.28. The predicted octanol–water partition coefficient (Wildman–Crippen LogP) is 3.95. The van der Waals surface area contributed by atoms with Gasteiger partial charge in [0.05, 0.1) is 12.4 Å². The Hall–Kier alpha value is -1.94. The highest BCUT2D eigenvalue weighted by atomic mass is 35.5. The molecule has 4 nitrogen and oxygen atoms in total. The maximum absolute atomic E-state index is 11.9. The van der Waals surface area contributed by atoms with Crippen molar-refractivity contribution in [2.24, 2.45) is 0 Å². The summed E-state index contributed by atoms with van der Waals surface area (Å²) in [5.41, 5.74) is 1.16. The summed E-state index contributed by atoms with van der Waals surface area (Å²) in [5, 5.41) is 2.75. The Morgan fingerprint density at radius 1 is 1.27 bits per heavy atom. The van der Waals surface area contributed by atoms with Gasteiger partial charge in [-0.1, -0.05) is 32.0 Å². The molecule has 0 spiro atoms. The van der Waals surface area contributed by atoms with Gasteiger partial charge in [-0.3, -0.25) is 4.79 Å². The van der Waals surface area contributed by atoms with Crippen molar-refractivity contribution < 1.29 is 13.9 Å². The zero-order valence-corrected chi connectivity index (χ0v) is 13.5. The topological polar surface area (TPSA) is 51.5 Å². The van der Waals surface area contributed by atoms with Crippen molar-refractivity contribution in [2.75, 3.05) is 13.2 Å². The van der Waals surface area contributed by atoms with Crippen molar-refractivity contribution >= 4 is 17.5 Å². The molecule has 2 aromatic rings. The van der Waals surface area contributed by atoms with Crippen LogP contribution in [-0.4, -0.2) is 19.1 Å². The molecule has 1 heterocycles. The molecule has 1 aromatic carbocycles. The molecule has 0 saturated heterocycles. The number of rotatable bonds is 7. The first-order chi connectivity index (χ1) is 10.6. The first-order valence-electron chi connectivity index (χ1n) is 7.26. The van der Waals surface area contributed by atoms with Gasteiger partial charge in [0.25, 0.3) is 5.91 Å². The molecule has 118 valence electrons. The van der Waals surface area contributed by atoms with E-state index >= 15 is 0 Å². The monoisotopic (exact) mass is 321 g/mol. The van der Waals surface area contributed by atoms with Crippen LogP contribution in [-0.2, 0) is 5.88 Å². The highest BCUT2D eigenvalue weighted by Crippen LogP contribution is 2.25. The lowest BCUT2D eigenvalue weighted by atomic mass is 10.0. The Labute approximate surface area is 135 Å². The molecule has 0 unspecified atom stereocenters. The number of carbonyl (C=O) groups excluding carboxylic acids is 1. The van der Waals surface area contributed by atoms with E-state index in [4.69, 9.17) is 20.8 Å². The van der Waals surface area contributed by atoms with Crippen LogP contribution in [0, 0.1) is 0 Å². The number of amides is 1. The summed E-state index contributed by atoms with van der Waals surface area (Å²) in [7, 11) is 0. The first kappa shape index (κ1) is 16.4. The Morgan fingerprint density at radius 2 is 2.05 bits per heavy atom. The van der Waals surface area contributed by atoms with Gasteiger partial charge < -0.3 is 14.5 Å². The average molecular weight is 322 g/mol. The maximum atomic E-state index is 11.9. The Bertz CT molecular complexity index is 622. The van der Waals surface area contributed by atoms with Crippen LogP contribution in [0.4, 0.5) is 0 Å². The fourth-order valence-corrected chi connectivity index (χ4v) is 2.22. The van der Waals surface area contributed by atoms with Crippen molar-refractivity contribution in [3.05, 3.63) is 53.5 Å². The molecule has 0 aliphatic heterocycles. The molecule has 0 bridgehead atoms. The lowest BCUT2D eigenvalue weighted by molar-refractivity contribution is 0.0918. The normalized spacial score (nSPS) is 10.7. The second kappa shape index (κ2) is 7.90. The Balaban J connectivity index is 1.81. The number of nitrogens with one attached hydrogen (secondary N) is 1. The number of carbonyl (C=O) groups is 1. The van der Waals surface area contributed by atoms with Gasteiger partial charge in [0.2, 0.25) is 0 Å². The zero-order valence-electron chi connectivity index (χ0n) is 12.8.